The summed E-state index contributed by atoms with van der Waals surface area (Å²) in [6.07, 6.45) is 1.64. The van der Waals surface area contributed by atoms with Gasteiger partial charge in [-0.2, -0.15) is 5.10 Å². The summed E-state index contributed by atoms with van der Waals surface area (Å²) in [6, 6.07) is 19.4. The molecule has 6 nitrogen and oxygen atoms in total. The Bertz CT molecular complexity index is 1040. The summed E-state index contributed by atoms with van der Waals surface area (Å²) in [5, 5.41) is 13.8. The average Bonchev–Trinajstić information content (AvgIpc) is 2.75. The maximum absolute atomic E-state index is 10.9. The quantitative estimate of drug-likeness (QED) is 0.352. The molecule has 0 unspecified atom stereocenters. The molecule has 0 fully saturated rings. The molecule has 154 valence electrons. The van der Waals surface area contributed by atoms with E-state index in [1.807, 2.05) is 49.4 Å². The second-order valence-electron chi connectivity index (χ2n) is 6.27. The van der Waals surface area contributed by atoms with E-state index in [0.717, 1.165) is 11.1 Å². The molecule has 0 aromatic heterocycles. The monoisotopic (exact) mass is 424 g/mol. The van der Waals surface area contributed by atoms with E-state index >= 15 is 0 Å². The topological polar surface area (TPSA) is 80.2 Å². The van der Waals surface area contributed by atoms with E-state index in [1.165, 1.54) is 12.1 Å². The Labute approximate surface area is 179 Å². The van der Waals surface area contributed by atoms with E-state index in [0.29, 0.717) is 35.4 Å². The van der Waals surface area contributed by atoms with Gasteiger partial charge in [-0.25, -0.2) is 4.79 Å². The van der Waals surface area contributed by atoms with Crippen molar-refractivity contribution in [1.29, 1.82) is 0 Å². The number of carbonyl (C=O) groups is 1. The molecule has 0 aliphatic carbocycles. The molecule has 0 aliphatic rings. The molecule has 2 N–H and O–H groups in total. The number of nitrogens with zero attached hydrogens (tertiary/aromatic N) is 1. The first-order valence-corrected chi connectivity index (χ1v) is 9.70. The van der Waals surface area contributed by atoms with E-state index in [1.54, 1.807) is 18.3 Å². The first-order chi connectivity index (χ1) is 14.6. The van der Waals surface area contributed by atoms with E-state index in [9.17, 15) is 4.79 Å². The van der Waals surface area contributed by atoms with Crippen LogP contribution in [0, 0.1) is 0 Å². The third-order valence-corrected chi connectivity index (χ3v) is 4.52. The molecule has 0 saturated heterocycles. The van der Waals surface area contributed by atoms with Gasteiger partial charge in [-0.1, -0.05) is 29.8 Å². The molecular weight excluding hydrogens is 404 g/mol. The summed E-state index contributed by atoms with van der Waals surface area (Å²) in [5.41, 5.74) is 5.48. The van der Waals surface area contributed by atoms with Gasteiger partial charge in [0.05, 0.1) is 24.1 Å². The zero-order valence-electron chi connectivity index (χ0n) is 16.3. The van der Waals surface area contributed by atoms with Crippen molar-refractivity contribution < 1.29 is 19.4 Å². The number of carboxylic acids is 1. The molecular formula is C23H21ClN2O4. The highest BCUT2D eigenvalue weighted by atomic mass is 35.5. The van der Waals surface area contributed by atoms with Crippen molar-refractivity contribution in [3.05, 3.63) is 88.4 Å². The van der Waals surface area contributed by atoms with Gasteiger partial charge in [-0.05, 0) is 61.0 Å². The first-order valence-electron chi connectivity index (χ1n) is 9.32. The van der Waals surface area contributed by atoms with Crippen LogP contribution in [0.3, 0.4) is 0 Å². The van der Waals surface area contributed by atoms with Gasteiger partial charge in [0.25, 0.3) is 0 Å². The molecule has 0 bridgehead atoms. The van der Waals surface area contributed by atoms with Crippen LogP contribution in [0.25, 0.3) is 0 Å². The van der Waals surface area contributed by atoms with Crippen LogP contribution in [0.4, 0.5) is 5.69 Å². The summed E-state index contributed by atoms with van der Waals surface area (Å²) in [4.78, 5) is 10.9. The molecule has 3 rings (SSSR count). The lowest BCUT2D eigenvalue weighted by atomic mass is 10.2. The van der Waals surface area contributed by atoms with E-state index in [2.05, 4.69) is 10.5 Å². The fourth-order valence-electron chi connectivity index (χ4n) is 2.63. The van der Waals surface area contributed by atoms with Gasteiger partial charge in [0.1, 0.15) is 6.61 Å². The molecule has 0 amide bonds. The van der Waals surface area contributed by atoms with Gasteiger partial charge in [-0.3, -0.25) is 5.43 Å². The molecule has 0 saturated carbocycles. The molecule has 0 aliphatic heterocycles. The Balaban J connectivity index is 1.67. The molecule has 3 aromatic carbocycles. The number of carboxylic acid groups (broad SMARTS) is 1. The number of hydrogen-bond acceptors (Lipinski definition) is 5. The highest BCUT2D eigenvalue weighted by Crippen LogP contribution is 2.29. The number of benzene rings is 3. The Morgan fingerprint density at radius 3 is 2.53 bits per heavy atom. The van der Waals surface area contributed by atoms with Crippen LogP contribution in [0.1, 0.15) is 28.4 Å². The smallest absolute Gasteiger partial charge is 0.335 e. The normalized spacial score (nSPS) is 10.7. The second-order valence-corrected chi connectivity index (χ2v) is 6.68. The Morgan fingerprint density at radius 2 is 1.83 bits per heavy atom. The van der Waals surface area contributed by atoms with Crippen molar-refractivity contribution >= 4 is 29.5 Å². The Hall–Kier alpha value is -3.51. The standard InChI is InChI=1S/C23H21ClN2O4/c1-2-29-22-13-16(14-25-26-19-10-8-17(9-11-19)23(27)28)7-12-21(22)30-15-18-5-3-4-6-20(18)24/h3-14,26H,2,15H2,1H3,(H,27,28)/b25-14+. The number of nitrogens with one attached hydrogen (secondary N) is 1. The zero-order valence-corrected chi connectivity index (χ0v) is 17.1. The molecule has 0 spiro atoms. The predicted molar refractivity (Wildman–Crippen MR) is 118 cm³/mol. The van der Waals surface area contributed by atoms with Crippen molar-refractivity contribution in [2.45, 2.75) is 13.5 Å². The van der Waals surface area contributed by atoms with E-state index in [-0.39, 0.29) is 5.56 Å². The van der Waals surface area contributed by atoms with E-state index in [4.69, 9.17) is 26.2 Å². The maximum atomic E-state index is 10.9. The largest absolute Gasteiger partial charge is 0.490 e. The van der Waals surface area contributed by atoms with Crippen molar-refractivity contribution in [2.24, 2.45) is 5.10 Å². The minimum absolute atomic E-state index is 0.221. The molecule has 0 radical (unpaired) electrons. The SMILES string of the molecule is CCOc1cc(/C=N/Nc2ccc(C(=O)O)cc2)ccc1OCc1ccccc1Cl. The average molecular weight is 425 g/mol. The first kappa shape index (κ1) is 21.2. The number of ether oxygens (including phenoxy) is 2. The van der Waals surface area contributed by atoms with Crippen LogP contribution in [-0.2, 0) is 6.61 Å². The lowest BCUT2D eigenvalue weighted by Gasteiger charge is -2.13. The molecule has 7 heteroatoms. The third kappa shape index (κ3) is 5.75. The van der Waals surface area contributed by atoms with Crippen LogP contribution in [0.15, 0.2) is 71.8 Å². The predicted octanol–water partition coefficient (Wildman–Crippen LogP) is 5.46. The Kier molecular flexibility index (Phi) is 7.29. The lowest BCUT2D eigenvalue weighted by Crippen LogP contribution is -2.01. The minimum atomic E-state index is -0.967. The van der Waals surface area contributed by atoms with Crippen molar-refractivity contribution in [3.8, 4) is 11.5 Å². The number of hydrazone groups is 1. The third-order valence-electron chi connectivity index (χ3n) is 4.15. The van der Waals surface area contributed by atoms with Crippen LogP contribution < -0.4 is 14.9 Å². The van der Waals surface area contributed by atoms with Crippen LogP contribution in [0.5, 0.6) is 11.5 Å². The highest BCUT2D eigenvalue weighted by Gasteiger charge is 2.08. The fourth-order valence-corrected chi connectivity index (χ4v) is 2.82. The summed E-state index contributed by atoms with van der Waals surface area (Å²) in [5.74, 6) is 0.260. The summed E-state index contributed by atoms with van der Waals surface area (Å²) < 4.78 is 11.6. The van der Waals surface area contributed by atoms with Crippen molar-refractivity contribution in [3.63, 3.8) is 0 Å². The Morgan fingerprint density at radius 1 is 1.07 bits per heavy atom. The van der Waals surface area contributed by atoms with Gasteiger partial charge < -0.3 is 14.6 Å². The zero-order chi connectivity index (χ0) is 21.3. The fraction of sp³-hybridized carbons (Fsp3) is 0.130. The summed E-state index contributed by atoms with van der Waals surface area (Å²) >= 11 is 6.18. The van der Waals surface area contributed by atoms with E-state index < -0.39 is 5.97 Å². The highest BCUT2D eigenvalue weighted by molar-refractivity contribution is 6.31. The second kappa shape index (κ2) is 10.3. The molecule has 0 heterocycles. The number of halogens is 1. The van der Waals surface area contributed by atoms with Crippen LogP contribution >= 0.6 is 11.6 Å². The van der Waals surface area contributed by atoms with Crippen molar-refractivity contribution in [2.75, 3.05) is 12.0 Å². The molecule has 0 atom stereocenters. The summed E-state index contributed by atoms with van der Waals surface area (Å²) in [7, 11) is 0. The molecule has 3 aromatic rings. The van der Waals surface area contributed by atoms with Gasteiger partial charge in [0.15, 0.2) is 11.5 Å². The number of hydrogen-bond donors (Lipinski definition) is 2. The van der Waals surface area contributed by atoms with Gasteiger partial charge in [0, 0.05) is 10.6 Å². The maximum Gasteiger partial charge on any atom is 0.335 e. The number of rotatable bonds is 9. The van der Waals surface area contributed by atoms with Crippen LogP contribution in [0.2, 0.25) is 5.02 Å². The lowest BCUT2D eigenvalue weighted by molar-refractivity contribution is 0.0697. The minimum Gasteiger partial charge on any atom is -0.490 e. The number of anilines is 1. The van der Waals surface area contributed by atoms with Gasteiger partial charge >= 0.3 is 5.97 Å². The number of aromatic carboxylic acids is 1. The van der Waals surface area contributed by atoms with Gasteiger partial charge in [-0.15, -0.1) is 0 Å². The van der Waals surface area contributed by atoms with Gasteiger partial charge in [0.2, 0.25) is 0 Å². The van der Waals surface area contributed by atoms with Crippen LogP contribution in [-0.4, -0.2) is 23.9 Å². The molecule has 30 heavy (non-hydrogen) atoms. The van der Waals surface area contributed by atoms with Crippen molar-refractivity contribution in [1.82, 2.24) is 0 Å². The summed E-state index contributed by atoms with van der Waals surface area (Å²) in [6.45, 7) is 2.74.